The van der Waals surface area contributed by atoms with Crippen LogP contribution < -0.4 is 0 Å². The molecule has 0 aromatic carbocycles. The zero-order chi connectivity index (χ0) is 17.3. The molecule has 2 aromatic heterocycles. The summed E-state index contributed by atoms with van der Waals surface area (Å²) in [5.74, 6) is 0.300. The summed E-state index contributed by atoms with van der Waals surface area (Å²) in [5, 5.41) is 4.18. The molecule has 0 radical (unpaired) electrons. The Hall–Kier alpha value is -1.77. The third-order valence-electron chi connectivity index (χ3n) is 4.42. The van der Waals surface area contributed by atoms with Gasteiger partial charge in [0.05, 0.1) is 11.4 Å². The van der Waals surface area contributed by atoms with Crippen molar-refractivity contribution in [2.24, 2.45) is 13.0 Å². The van der Waals surface area contributed by atoms with E-state index in [4.69, 9.17) is 4.98 Å². The summed E-state index contributed by atoms with van der Waals surface area (Å²) in [4.78, 5) is 4.72. The Bertz CT molecular complexity index is 815. The second kappa shape index (κ2) is 6.62. The molecule has 1 fully saturated rings. The van der Waals surface area contributed by atoms with E-state index in [-0.39, 0.29) is 0 Å². The van der Waals surface area contributed by atoms with Crippen LogP contribution in [0.4, 0.5) is 0 Å². The fourth-order valence-electron chi connectivity index (χ4n) is 3.06. The second-order valence-corrected chi connectivity index (χ2v) is 8.50. The molecule has 1 aliphatic heterocycles. The third-order valence-corrected chi connectivity index (χ3v) is 6.33. The molecular weight excluding hydrogens is 326 g/mol. The van der Waals surface area contributed by atoms with Crippen LogP contribution in [0.15, 0.2) is 30.5 Å². The molecule has 0 saturated carbocycles. The topological polar surface area (TPSA) is 71.3 Å². The molecule has 0 N–H and O–H groups in total. The first kappa shape index (κ1) is 17.1. The van der Waals surface area contributed by atoms with E-state index in [1.54, 1.807) is 29.3 Å². The molecule has 1 aliphatic rings. The molecule has 0 bridgehead atoms. The highest BCUT2D eigenvalue weighted by Crippen LogP contribution is 2.24. The summed E-state index contributed by atoms with van der Waals surface area (Å²) in [6, 6.07) is 7.90. The standard InChI is InChI=1S/C16H23N5O2S/c1-19(2)24(22,23)21-10-8-13(12-21)11-14-5-4-6-15(18-14)16-7-9-17-20(16)3/h4-7,9,13H,8,10-12H2,1-3H3/t13-/m1/s1. The van der Waals surface area contributed by atoms with E-state index in [2.05, 4.69) is 5.10 Å². The summed E-state index contributed by atoms with van der Waals surface area (Å²) in [6.45, 7) is 1.13. The number of pyridine rings is 1. The molecule has 2 aromatic rings. The van der Waals surface area contributed by atoms with E-state index in [0.29, 0.717) is 19.0 Å². The predicted molar refractivity (Wildman–Crippen MR) is 92.4 cm³/mol. The fraction of sp³-hybridized carbons (Fsp3) is 0.500. The van der Waals surface area contributed by atoms with Crippen molar-refractivity contribution in [2.75, 3.05) is 27.2 Å². The van der Waals surface area contributed by atoms with Gasteiger partial charge in [0, 0.05) is 46.1 Å². The van der Waals surface area contributed by atoms with Gasteiger partial charge >= 0.3 is 0 Å². The van der Waals surface area contributed by atoms with Crippen molar-refractivity contribution in [2.45, 2.75) is 12.8 Å². The van der Waals surface area contributed by atoms with E-state index < -0.39 is 10.2 Å². The average Bonchev–Trinajstić information content (AvgIpc) is 3.16. The van der Waals surface area contributed by atoms with Crippen LogP contribution in [0.25, 0.3) is 11.4 Å². The third kappa shape index (κ3) is 3.35. The van der Waals surface area contributed by atoms with Crippen molar-refractivity contribution < 1.29 is 8.42 Å². The Labute approximate surface area is 143 Å². The number of hydrogen-bond donors (Lipinski definition) is 0. The SMILES string of the molecule is CN(C)S(=O)(=O)N1CC[C@H](Cc2cccc(-c3ccnn3C)n2)C1. The maximum atomic E-state index is 12.2. The smallest absolute Gasteiger partial charge is 0.266 e. The van der Waals surface area contributed by atoms with Crippen molar-refractivity contribution in [3.8, 4) is 11.4 Å². The van der Waals surface area contributed by atoms with Crippen molar-refractivity contribution >= 4 is 10.2 Å². The van der Waals surface area contributed by atoms with Crippen LogP contribution in [0.1, 0.15) is 12.1 Å². The van der Waals surface area contributed by atoms with Crippen LogP contribution in [0.5, 0.6) is 0 Å². The van der Waals surface area contributed by atoms with Crippen LogP contribution in [0.2, 0.25) is 0 Å². The molecule has 8 heteroatoms. The van der Waals surface area contributed by atoms with Crippen molar-refractivity contribution in [1.82, 2.24) is 23.4 Å². The van der Waals surface area contributed by atoms with E-state index in [0.717, 1.165) is 29.9 Å². The number of aromatic nitrogens is 3. The summed E-state index contributed by atoms with van der Waals surface area (Å²) < 4.78 is 29.0. The molecule has 130 valence electrons. The lowest BCUT2D eigenvalue weighted by Gasteiger charge is -2.20. The molecule has 7 nitrogen and oxygen atoms in total. The maximum absolute atomic E-state index is 12.2. The lowest BCUT2D eigenvalue weighted by atomic mass is 10.0. The molecule has 3 rings (SSSR count). The van der Waals surface area contributed by atoms with E-state index in [9.17, 15) is 8.42 Å². The van der Waals surface area contributed by atoms with Crippen LogP contribution >= 0.6 is 0 Å². The largest absolute Gasteiger partial charge is 0.281 e. The summed E-state index contributed by atoms with van der Waals surface area (Å²) in [5.41, 5.74) is 2.85. The number of aryl methyl sites for hydroxylation is 1. The summed E-state index contributed by atoms with van der Waals surface area (Å²) in [6.07, 6.45) is 3.40. The maximum Gasteiger partial charge on any atom is 0.281 e. The molecule has 0 amide bonds. The van der Waals surface area contributed by atoms with Crippen molar-refractivity contribution in [3.63, 3.8) is 0 Å². The van der Waals surface area contributed by atoms with Crippen LogP contribution in [-0.4, -0.2) is 59.0 Å². The van der Waals surface area contributed by atoms with Gasteiger partial charge in [0.2, 0.25) is 0 Å². The normalized spacial score (nSPS) is 19.2. The zero-order valence-electron chi connectivity index (χ0n) is 14.3. The highest BCUT2D eigenvalue weighted by Gasteiger charge is 2.32. The van der Waals surface area contributed by atoms with Gasteiger partial charge in [-0.05, 0) is 37.0 Å². The Balaban J connectivity index is 1.71. The van der Waals surface area contributed by atoms with Gasteiger partial charge < -0.3 is 0 Å². The highest BCUT2D eigenvalue weighted by molar-refractivity contribution is 7.86. The molecule has 0 unspecified atom stereocenters. The van der Waals surface area contributed by atoms with Crippen molar-refractivity contribution in [1.29, 1.82) is 0 Å². The van der Waals surface area contributed by atoms with Gasteiger partial charge in [-0.2, -0.15) is 22.1 Å². The minimum Gasteiger partial charge on any atom is -0.266 e. The number of hydrogen-bond acceptors (Lipinski definition) is 4. The Kier molecular flexibility index (Phi) is 4.71. The molecule has 0 aliphatic carbocycles. The Morgan fingerprint density at radius 3 is 2.75 bits per heavy atom. The first-order chi connectivity index (χ1) is 11.4. The first-order valence-electron chi connectivity index (χ1n) is 8.00. The summed E-state index contributed by atoms with van der Waals surface area (Å²) in [7, 11) is 1.72. The van der Waals surface area contributed by atoms with Gasteiger partial charge in [0.25, 0.3) is 10.2 Å². The van der Waals surface area contributed by atoms with E-state index in [1.807, 2.05) is 31.3 Å². The second-order valence-electron chi connectivity index (χ2n) is 6.36. The number of rotatable bonds is 5. The monoisotopic (exact) mass is 349 g/mol. The van der Waals surface area contributed by atoms with Gasteiger partial charge in [-0.1, -0.05) is 6.07 Å². The molecular formula is C16H23N5O2S. The Morgan fingerprint density at radius 1 is 1.29 bits per heavy atom. The van der Waals surface area contributed by atoms with Crippen LogP contribution in [-0.2, 0) is 23.7 Å². The van der Waals surface area contributed by atoms with E-state index >= 15 is 0 Å². The van der Waals surface area contributed by atoms with Gasteiger partial charge in [-0.15, -0.1) is 0 Å². The lowest BCUT2D eigenvalue weighted by molar-refractivity contribution is 0.409. The predicted octanol–water partition coefficient (Wildman–Crippen LogP) is 1.15. The lowest BCUT2D eigenvalue weighted by Crippen LogP contribution is -2.38. The average molecular weight is 349 g/mol. The molecule has 0 spiro atoms. The minimum atomic E-state index is -3.32. The van der Waals surface area contributed by atoms with Crippen LogP contribution in [0.3, 0.4) is 0 Å². The van der Waals surface area contributed by atoms with E-state index in [1.165, 1.54) is 4.31 Å². The minimum absolute atomic E-state index is 0.300. The summed E-state index contributed by atoms with van der Waals surface area (Å²) >= 11 is 0. The van der Waals surface area contributed by atoms with Gasteiger partial charge in [-0.3, -0.25) is 9.67 Å². The molecule has 3 heterocycles. The van der Waals surface area contributed by atoms with Gasteiger partial charge in [0.1, 0.15) is 0 Å². The van der Waals surface area contributed by atoms with Crippen LogP contribution in [0, 0.1) is 5.92 Å². The molecule has 1 atom stereocenters. The highest BCUT2D eigenvalue weighted by atomic mass is 32.2. The zero-order valence-corrected chi connectivity index (χ0v) is 15.1. The van der Waals surface area contributed by atoms with Gasteiger partial charge in [-0.25, -0.2) is 0 Å². The molecule has 24 heavy (non-hydrogen) atoms. The fourth-order valence-corrected chi connectivity index (χ4v) is 4.26. The van der Waals surface area contributed by atoms with Gasteiger partial charge in [0.15, 0.2) is 0 Å². The first-order valence-corrected chi connectivity index (χ1v) is 9.39. The number of nitrogens with zero attached hydrogens (tertiary/aromatic N) is 5. The van der Waals surface area contributed by atoms with Crippen molar-refractivity contribution in [3.05, 3.63) is 36.2 Å². The quantitative estimate of drug-likeness (QED) is 0.812. The molecule has 1 saturated heterocycles. The Morgan fingerprint density at radius 2 is 2.08 bits per heavy atom.